The predicted octanol–water partition coefficient (Wildman–Crippen LogP) is 3.51. The third-order valence-corrected chi connectivity index (χ3v) is 4.68. The number of carbonyl (C=O) groups excluding carboxylic acids is 2. The number of hydrogen-bond donors (Lipinski definition) is 2. The maximum absolute atomic E-state index is 12.5. The quantitative estimate of drug-likeness (QED) is 0.608. The molecule has 0 aliphatic rings. The van der Waals surface area contributed by atoms with Gasteiger partial charge in [-0.3, -0.25) is 14.6 Å². The first-order valence-corrected chi connectivity index (χ1v) is 9.70. The van der Waals surface area contributed by atoms with Crippen LogP contribution in [0.25, 0.3) is 0 Å². The molecule has 2 aromatic heterocycles. The minimum atomic E-state index is -0.414. The van der Waals surface area contributed by atoms with E-state index >= 15 is 0 Å². The van der Waals surface area contributed by atoms with E-state index in [9.17, 15) is 9.59 Å². The third kappa shape index (κ3) is 5.14. The number of benzene rings is 1. The molecule has 3 rings (SSSR count). The van der Waals surface area contributed by atoms with Crippen LogP contribution in [0.2, 0.25) is 0 Å². The number of hydrogen-bond acceptors (Lipinski definition) is 6. The van der Waals surface area contributed by atoms with Crippen molar-refractivity contribution in [3.05, 3.63) is 70.4 Å². The van der Waals surface area contributed by atoms with E-state index in [0.29, 0.717) is 23.7 Å². The van der Waals surface area contributed by atoms with Gasteiger partial charge in [-0.25, -0.2) is 4.98 Å². The van der Waals surface area contributed by atoms with Gasteiger partial charge >= 0.3 is 0 Å². The van der Waals surface area contributed by atoms with Crippen molar-refractivity contribution in [3.63, 3.8) is 0 Å². The SMILES string of the molecule is CCCOc1ccc(CNC(=O)c2sccc2NC(=O)c2cnccn2)cc1. The van der Waals surface area contributed by atoms with Crippen molar-refractivity contribution in [1.29, 1.82) is 0 Å². The van der Waals surface area contributed by atoms with Gasteiger partial charge < -0.3 is 15.4 Å². The lowest BCUT2D eigenvalue weighted by Crippen LogP contribution is -2.23. The van der Waals surface area contributed by atoms with Crippen LogP contribution in [-0.4, -0.2) is 28.4 Å². The summed E-state index contributed by atoms with van der Waals surface area (Å²) in [5.41, 5.74) is 1.59. The van der Waals surface area contributed by atoms with Crippen LogP contribution in [-0.2, 0) is 6.54 Å². The van der Waals surface area contributed by atoms with Crippen molar-refractivity contribution >= 4 is 28.8 Å². The van der Waals surface area contributed by atoms with Gasteiger partial charge in [-0.05, 0) is 35.6 Å². The number of thiophene rings is 1. The number of carbonyl (C=O) groups is 2. The first-order valence-electron chi connectivity index (χ1n) is 8.82. The number of nitrogens with zero attached hydrogens (tertiary/aromatic N) is 2. The van der Waals surface area contributed by atoms with Gasteiger partial charge in [-0.15, -0.1) is 11.3 Å². The van der Waals surface area contributed by atoms with Crippen LogP contribution in [0.15, 0.2) is 54.3 Å². The fraction of sp³-hybridized carbons (Fsp3) is 0.200. The van der Waals surface area contributed by atoms with Gasteiger partial charge in [0, 0.05) is 18.9 Å². The van der Waals surface area contributed by atoms with E-state index in [1.807, 2.05) is 24.3 Å². The molecule has 0 aliphatic heterocycles. The zero-order valence-electron chi connectivity index (χ0n) is 15.3. The van der Waals surface area contributed by atoms with E-state index in [1.54, 1.807) is 11.4 Å². The number of amides is 2. The number of aromatic nitrogens is 2. The van der Waals surface area contributed by atoms with Gasteiger partial charge in [0.25, 0.3) is 11.8 Å². The Morgan fingerprint density at radius 3 is 2.64 bits per heavy atom. The van der Waals surface area contributed by atoms with E-state index in [4.69, 9.17) is 4.74 Å². The fourth-order valence-electron chi connectivity index (χ4n) is 2.37. The minimum Gasteiger partial charge on any atom is -0.494 e. The molecule has 0 saturated heterocycles. The molecule has 0 aliphatic carbocycles. The second-order valence-electron chi connectivity index (χ2n) is 5.88. The first-order chi connectivity index (χ1) is 13.7. The fourth-order valence-corrected chi connectivity index (χ4v) is 3.14. The summed E-state index contributed by atoms with van der Waals surface area (Å²) in [6, 6.07) is 9.28. The molecular formula is C20H20N4O3S. The Bertz CT molecular complexity index is 926. The van der Waals surface area contributed by atoms with Crippen LogP contribution in [0.1, 0.15) is 39.1 Å². The Balaban J connectivity index is 1.58. The molecule has 0 spiro atoms. The molecule has 0 fully saturated rings. The Hall–Kier alpha value is -3.26. The molecule has 0 saturated carbocycles. The molecule has 28 heavy (non-hydrogen) atoms. The topological polar surface area (TPSA) is 93.2 Å². The summed E-state index contributed by atoms with van der Waals surface area (Å²) in [6.07, 6.45) is 5.25. The number of anilines is 1. The highest BCUT2D eigenvalue weighted by Crippen LogP contribution is 2.23. The van der Waals surface area contributed by atoms with Crippen LogP contribution >= 0.6 is 11.3 Å². The summed E-state index contributed by atoms with van der Waals surface area (Å²) in [4.78, 5) is 33.0. The molecule has 2 heterocycles. The molecule has 0 atom stereocenters. The smallest absolute Gasteiger partial charge is 0.275 e. The van der Waals surface area contributed by atoms with Gasteiger partial charge in [0.1, 0.15) is 16.3 Å². The molecule has 2 N–H and O–H groups in total. The van der Waals surface area contributed by atoms with Crippen molar-refractivity contribution in [2.75, 3.05) is 11.9 Å². The highest BCUT2D eigenvalue weighted by molar-refractivity contribution is 7.12. The molecule has 0 radical (unpaired) electrons. The molecule has 3 aromatic rings. The number of nitrogens with one attached hydrogen (secondary N) is 2. The van der Waals surface area contributed by atoms with Crippen LogP contribution in [0.5, 0.6) is 5.75 Å². The van der Waals surface area contributed by atoms with E-state index in [0.717, 1.165) is 17.7 Å². The summed E-state index contributed by atoms with van der Waals surface area (Å²) >= 11 is 1.26. The van der Waals surface area contributed by atoms with E-state index in [-0.39, 0.29) is 11.6 Å². The maximum Gasteiger partial charge on any atom is 0.275 e. The molecule has 2 amide bonds. The molecule has 7 nitrogen and oxygen atoms in total. The Labute approximate surface area is 166 Å². The highest BCUT2D eigenvalue weighted by Gasteiger charge is 2.16. The molecular weight excluding hydrogens is 376 g/mol. The normalized spacial score (nSPS) is 10.3. The van der Waals surface area contributed by atoms with Crippen LogP contribution in [0.3, 0.4) is 0 Å². The summed E-state index contributed by atoms with van der Waals surface area (Å²) in [5, 5.41) is 7.32. The average Bonchev–Trinajstić information content (AvgIpc) is 3.20. The van der Waals surface area contributed by atoms with E-state index in [2.05, 4.69) is 27.5 Å². The van der Waals surface area contributed by atoms with E-state index < -0.39 is 5.91 Å². The summed E-state index contributed by atoms with van der Waals surface area (Å²) in [6.45, 7) is 3.11. The van der Waals surface area contributed by atoms with Crippen LogP contribution < -0.4 is 15.4 Å². The molecule has 0 unspecified atom stereocenters. The van der Waals surface area contributed by atoms with Crippen molar-refractivity contribution in [2.45, 2.75) is 19.9 Å². The maximum atomic E-state index is 12.5. The second-order valence-corrected chi connectivity index (χ2v) is 6.80. The second kappa shape index (κ2) is 9.61. The summed E-state index contributed by atoms with van der Waals surface area (Å²) < 4.78 is 5.55. The van der Waals surface area contributed by atoms with Crippen LogP contribution in [0.4, 0.5) is 5.69 Å². The van der Waals surface area contributed by atoms with Crippen molar-refractivity contribution in [1.82, 2.24) is 15.3 Å². The Morgan fingerprint density at radius 1 is 1.11 bits per heavy atom. The lowest BCUT2D eigenvalue weighted by atomic mass is 10.2. The predicted molar refractivity (Wildman–Crippen MR) is 108 cm³/mol. The average molecular weight is 396 g/mol. The van der Waals surface area contributed by atoms with Gasteiger partial charge in [-0.2, -0.15) is 0 Å². The van der Waals surface area contributed by atoms with Gasteiger partial charge in [0.2, 0.25) is 0 Å². The van der Waals surface area contributed by atoms with Crippen molar-refractivity contribution < 1.29 is 14.3 Å². The Morgan fingerprint density at radius 2 is 1.93 bits per heavy atom. The monoisotopic (exact) mass is 396 g/mol. The van der Waals surface area contributed by atoms with Crippen molar-refractivity contribution in [3.8, 4) is 5.75 Å². The van der Waals surface area contributed by atoms with Gasteiger partial charge in [0.15, 0.2) is 0 Å². The van der Waals surface area contributed by atoms with Crippen molar-refractivity contribution in [2.24, 2.45) is 0 Å². The standard InChI is InChI=1S/C20H20N4O3S/c1-2-10-27-15-5-3-14(4-6-15)12-23-20(26)18-16(7-11-28-18)24-19(25)17-13-21-8-9-22-17/h3-9,11,13H,2,10,12H2,1H3,(H,23,26)(H,24,25). The first kappa shape index (κ1) is 19.5. The summed E-state index contributed by atoms with van der Waals surface area (Å²) in [5.74, 6) is 0.142. The largest absolute Gasteiger partial charge is 0.494 e. The third-order valence-electron chi connectivity index (χ3n) is 3.76. The minimum absolute atomic E-state index is 0.186. The number of rotatable bonds is 8. The lowest BCUT2D eigenvalue weighted by molar-refractivity contribution is 0.0955. The highest BCUT2D eigenvalue weighted by atomic mass is 32.1. The molecule has 8 heteroatoms. The van der Waals surface area contributed by atoms with E-state index in [1.165, 1.54) is 29.9 Å². The van der Waals surface area contributed by atoms with Gasteiger partial charge in [0.05, 0.1) is 18.5 Å². The Kier molecular flexibility index (Phi) is 6.69. The zero-order valence-corrected chi connectivity index (χ0v) is 16.2. The van der Waals surface area contributed by atoms with Gasteiger partial charge in [-0.1, -0.05) is 19.1 Å². The summed E-state index contributed by atoms with van der Waals surface area (Å²) in [7, 11) is 0. The molecule has 1 aromatic carbocycles. The molecule has 144 valence electrons. The zero-order chi connectivity index (χ0) is 19.8. The molecule has 0 bridgehead atoms. The number of ether oxygens (including phenoxy) is 1. The lowest BCUT2D eigenvalue weighted by Gasteiger charge is -2.09. The van der Waals surface area contributed by atoms with Crippen LogP contribution in [0, 0.1) is 0 Å².